The van der Waals surface area contributed by atoms with E-state index in [2.05, 4.69) is 36.6 Å². The lowest BCUT2D eigenvalue weighted by molar-refractivity contribution is -0.124. The standard InChI is InChI=1S/C14H22N2O/c1-5-16-13(17)12(15-4)14(2,3)11-9-7-6-8-10-11/h6-10,12,15H,5H2,1-4H3,(H,16,17)/t12-/m1/s1. The first-order chi connectivity index (χ1) is 8.04. The third-order valence-corrected chi connectivity index (χ3v) is 3.14. The third kappa shape index (κ3) is 3.07. The van der Waals surface area contributed by atoms with E-state index in [-0.39, 0.29) is 17.4 Å². The number of nitrogens with one attached hydrogen (secondary N) is 2. The molecule has 3 nitrogen and oxygen atoms in total. The summed E-state index contributed by atoms with van der Waals surface area (Å²) in [7, 11) is 1.82. The molecule has 0 bridgehead atoms. The molecule has 1 aromatic rings. The van der Waals surface area contributed by atoms with Crippen LogP contribution in [-0.4, -0.2) is 25.5 Å². The molecular weight excluding hydrogens is 212 g/mol. The molecule has 94 valence electrons. The first-order valence-corrected chi connectivity index (χ1v) is 6.04. The number of carbonyl (C=O) groups excluding carboxylic acids is 1. The topological polar surface area (TPSA) is 41.1 Å². The van der Waals surface area contributed by atoms with E-state index in [1.807, 2.05) is 32.2 Å². The molecule has 0 aliphatic heterocycles. The molecule has 0 saturated heterocycles. The molecule has 0 unspecified atom stereocenters. The van der Waals surface area contributed by atoms with Crippen molar-refractivity contribution in [3.63, 3.8) is 0 Å². The van der Waals surface area contributed by atoms with Gasteiger partial charge in [0.2, 0.25) is 5.91 Å². The maximum absolute atomic E-state index is 12.0. The fraction of sp³-hybridized carbons (Fsp3) is 0.500. The summed E-state index contributed by atoms with van der Waals surface area (Å²) >= 11 is 0. The molecule has 0 radical (unpaired) electrons. The molecule has 0 aliphatic rings. The Morgan fingerprint density at radius 1 is 1.29 bits per heavy atom. The van der Waals surface area contributed by atoms with Crippen molar-refractivity contribution >= 4 is 5.91 Å². The van der Waals surface area contributed by atoms with Crippen molar-refractivity contribution in [1.29, 1.82) is 0 Å². The van der Waals surface area contributed by atoms with Crippen molar-refractivity contribution in [2.45, 2.75) is 32.2 Å². The molecule has 0 heterocycles. The molecule has 1 aromatic carbocycles. The highest BCUT2D eigenvalue weighted by atomic mass is 16.2. The van der Waals surface area contributed by atoms with Gasteiger partial charge in [0.1, 0.15) is 0 Å². The fourth-order valence-electron chi connectivity index (χ4n) is 2.13. The highest BCUT2D eigenvalue weighted by Gasteiger charge is 2.35. The summed E-state index contributed by atoms with van der Waals surface area (Å²) in [6, 6.07) is 9.88. The largest absolute Gasteiger partial charge is 0.355 e. The van der Waals surface area contributed by atoms with E-state index in [4.69, 9.17) is 0 Å². The Morgan fingerprint density at radius 3 is 2.35 bits per heavy atom. The zero-order valence-corrected chi connectivity index (χ0v) is 11.1. The number of carbonyl (C=O) groups is 1. The van der Waals surface area contributed by atoms with E-state index in [0.717, 1.165) is 5.56 Å². The summed E-state index contributed by atoms with van der Waals surface area (Å²) in [6.07, 6.45) is 0. The van der Waals surface area contributed by atoms with Gasteiger partial charge in [-0.3, -0.25) is 4.79 Å². The van der Waals surface area contributed by atoms with Crippen molar-refractivity contribution in [3.05, 3.63) is 35.9 Å². The van der Waals surface area contributed by atoms with Crippen LogP contribution in [0.3, 0.4) is 0 Å². The minimum absolute atomic E-state index is 0.0452. The Labute approximate surface area is 104 Å². The fourth-order valence-corrected chi connectivity index (χ4v) is 2.13. The molecule has 17 heavy (non-hydrogen) atoms. The van der Waals surface area contributed by atoms with Gasteiger partial charge in [-0.2, -0.15) is 0 Å². The summed E-state index contributed by atoms with van der Waals surface area (Å²) < 4.78 is 0. The average molecular weight is 234 g/mol. The maximum atomic E-state index is 12.0. The summed E-state index contributed by atoms with van der Waals surface area (Å²) in [5.41, 5.74) is 0.917. The van der Waals surface area contributed by atoms with Gasteiger partial charge < -0.3 is 10.6 Å². The number of hydrogen-bond donors (Lipinski definition) is 2. The Hall–Kier alpha value is -1.35. The molecule has 1 rings (SSSR count). The van der Waals surface area contributed by atoms with E-state index in [9.17, 15) is 4.79 Å². The second-order valence-electron chi connectivity index (χ2n) is 4.70. The SMILES string of the molecule is CCNC(=O)[C@@H](NC)C(C)(C)c1ccccc1. The van der Waals surface area contributed by atoms with Crippen molar-refractivity contribution in [2.75, 3.05) is 13.6 Å². The molecular formula is C14H22N2O. The molecule has 0 fully saturated rings. The number of hydrogen-bond acceptors (Lipinski definition) is 2. The van der Waals surface area contributed by atoms with Crippen molar-refractivity contribution in [1.82, 2.24) is 10.6 Å². The van der Waals surface area contributed by atoms with Crippen LogP contribution in [0.1, 0.15) is 26.3 Å². The van der Waals surface area contributed by atoms with Crippen LogP contribution in [0.4, 0.5) is 0 Å². The van der Waals surface area contributed by atoms with Crippen LogP contribution in [0.5, 0.6) is 0 Å². The van der Waals surface area contributed by atoms with Gasteiger partial charge in [-0.25, -0.2) is 0 Å². The van der Waals surface area contributed by atoms with Crippen LogP contribution in [0, 0.1) is 0 Å². The monoisotopic (exact) mass is 234 g/mol. The normalized spacial score (nSPS) is 13.2. The van der Waals surface area contributed by atoms with Crippen LogP contribution in [0.25, 0.3) is 0 Å². The second-order valence-corrected chi connectivity index (χ2v) is 4.70. The van der Waals surface area contributed by atoms with Crippen molar-refractivity contribution < 1.29 is 4.79 Å². The molecule has 0 spiro atoms. The van der Waals surface area contributed by atoms with Crippen LogP contribution in [0.2, 0.25) is 0 Å². The molecule has 1 amide bonds. The summed E-state index contributed by atoms with van der Waals surface area (Å²) in [5, 5.41) is 5.98. The minimum Gasteiger partial charge on any atom is -0.355 e. The molecule has 2 N–H and O–H groups in total. The van der Waals surface area contributed by atoms with Crippen LogP contribution < -0.4 is 10.6 Å². The lowest BCUT2D eigenvalue weighted by atomic mass is 9.77. The number of amides is 1. The van der Waals surface area contributed by atoms with Crippen LogP contribution in [0.15, 0.2) is 30.3 Å². The minimum atomic E-state index is -0.241. The van der Waals surface area contributed by atoms with Gasteiger partial charge in [0, 0.05) is 12.0 Å². The van der Waals surface area contributed by atoms with E-state index in [1.54, 1.807) is 0 Å². The van der Waals surface area contributed by atoms with Gasteiger partial charge in [0.15, 0.2) is 0 Å². The van der Waals surface area contributed by atoms with Crippen LogP contribution in [-0.2, 0) is 10.2 Å². The highest BCUT2D eigenvalue weighted by Crippen LogP contribution is 2.26. The Kier molecular flexibility index (Phi) is 4.70. The van der Waals surface area contributed by atoms with E-state index < -0.39 is 0 Å². The number of rotatable bonds is 5. The summed E-state index contributed by atoms with van der Waals surface area (Å²) in [5.74, 6) is 0.0452. The van der Waals surface area contributed by atoms with E-state index in [1.165, 1.54) is 0 Å². The lowest BCUT2D eigenvalue weighted by Gasteiger charge is -2.33. The van der Waals surface area contributed by atoms with Crippen LogP contribution >= 0.6 is 0 Å². The molecule has 0 saturated carbocycles. The van der Waals surface area contributed by atoms with E-state index in [0.29, 0.717) is 6.54 Å². The second kappa shape index (κ2) is 5.82. The Bertz CT molecular complexity index is 360. The van der Waals surface area contributed by atoms with Gasteiger partial charge in [0.05, 0.1) is 6.04 Å². The highest BCUT2D eigenvalue weighted by molar-refractivity contribution is 5.83. The molecule has 1 atom stereocenters. The van der Waals surface area contributed by atoms with E-state index >= 15 is 0 Å². The lowest BCUT2D eigenvalue weighted by Crippen LogP contribution is -2.53. The van der Waals surface area contributed by atoms with Gasteiger partial charge in [-0.15, -0.1) is 0 Å². The zero-order chi connectivity index (χ0) is 12.9. The molecule has 0 aliphatic carbocycles. The first-order valence-electron chi connectivity index (χ1n) is 6.04. The third-order valence-electron chi connectivity index (χ3n) is 3.14. The maximum Gasteiger partial charge on any atom is 0.238 e. The Morgan fingerprint density at radius 2 is 1.88 bits per heavy atom. The van der Waals surface area contributed by atoms with Gasteiger partial charge in [-0.05, 0) is 19.5 Å². The van der Waals surface area contributed by atoms with Crippen molar-refractivity contribution in [2.24, 2.45) is 0 Å². The smallest absolute Gasteiger partial charge is 0.238 e. The number of benzene rings is 1. The average Bonchev–Trinajstić information content (AvgIpc) is 2.31. The number of likely N-dealkylation sites (N-methyl/N-ethyl adjacent to an activating group) is 2. The predicted octanol–water partition coefficient (Wildman–Crippen LogP) is 1.69. The Balaban J connectivity index is 2.98. The first kappa shape index (κ1) is 13.7. The quantitative estimate of drug-likeness (QED) is 0.814. The van der Waals surface area contributed by atoms with Gasteiger partial charge in [0.25, 0.3) is 0 Å². The molecule has 3 heteroatoms. The zero-order valence-electron chi connectivity index (χ0n) is 11.1. The predicted molar refractivity (Wildman–Crippen MR) is 71.0 cm³/mol. The molecule has 0 aromatic heterocycles. The summed E-state index contributed by atoms with van der Waals surface area (Å²) in [6.45, 7) is 6.75. The summed E-state index contributed by atoms with van der Waals surface area (Å²) in [4.78, 5) is 12.0. The van der Waals surface area contributed by atoms with Crippen molar-refractivity contribution in [3.8, 4) is 0 Å². The van der Waals surface area contributed by atoms with Gasteiger partial charge in [-0.1, -0.05) is 44.2 Å². The van der Waals surface area contributed by atoms with Gasteiger partial charge >= 0.3 is 0 Å².